The molecular formula is C30H30FN9O4. The second-order valence-electron chi connectivity index (χ2n) is 10.3. The van der Waals surface area contributed by atoms with Gasteiger partial charge in [-0.2, -0.15) is 5.10 Å². The smallest absolute Gasteiger partial charge is 0.284 e. The van der Waals surface area contributed by atoms with Crippen molar-refractivity contribution in [2.45, 2.75) is 25.8 Å². The number of rotatable bonds is 9. The number of aryl methyl sites for hydroxylation is 1. The van der Waals surface area contributed by atoms with Crippen LogP contribution in [0.3, 0.4) is 0 Å². The van der Waals surface area contributed by atoms with Gasteiger partial charge in [0.1, 0.15) is 42.0 Å². The molecule has 1 aliphatic heterocycles. The summed E-state index contributed by atoms with van der Waals surface area (Å²) < 4.78 is 33.6. The number of aromatic nitrogens is 6. The molecule has 4 heterocycles. The van der Waals surface area contributed by atoms with Gasteiger partial charge in [-0.3, -0.25) is 9.69 Å². The van der Waals surface area contributed by atoms with E-state index in [1.54, 1.807) is 31.4 Å². The van der Waals surface area contributed by atoms with Crippen LogP contribution < -0.4 is 24.8 Å². The second kappa shape index (κ2) is 12.1. The van der Waals surface area contributed by atoms with Crippen LogP contribution >= 0.6 is 0 Å². The van der Waals surface area contributed by atoms with Gasteiger partial charge in [0.05, 0.1) is 31.1 Å². The van der Waals surface area contributed by atoms with Crippen molar-refractivity contribution in [3.05, 3.63) is 66.8 Å². The number of nitrogens with one attached hydrogen (secondary N) is 2. The molecule has 0 radical (unpaired) electrons. The highest BCUT2D eigenvalue weighted by Crippen LogP contribution is 2.38. The molecule has 5 aromatic rings. The molecule has 1 aliphatic rings. The summed E-state index contributed by atoms with van der Waals surface area (Å²) in [5.74, 6) is 0.406. The van der Waals surface area contributed by atoms with Crippen molar-refractivity contribution in [3.8, 4) is 23.1 Å². The minimum absolute atomic E-state index is 0.118. The molecule has 226 valence electrons. The molecular weight excluding hydrogens is 569 g/mol. The van der Waals surface area contributed by atoms with Gasteiger partial charge in [-0.15, -0.1) is 0 Å². The van der Waals surface area contributed by atoms with Gasteiger partial charge in [-0.05, 0) is 57.1 Å². The zero-order valence-electron chi connectivity index (χ0n) is 24.5. The molecule has 2 aromatic carbocycles. The second-order valence-corrected chi connectivity index (χ2v) is 10.3. The lowest BCUT2D eigenvalue weighted by atomic mass is 10.1. The minimum Gasteiger partial charge on any atom is -0.494 e. The van der Waals surface area contributed by atoms with Crippen molar-refractivity contribution in [2.75, 3.05) is 38.4 Å². The van der Waals surface area contributed by atoms with Gasteiger partial charge >= 0.3 is 0 Å². The number of halogens is 1. The molecule has 1 saturated heterocycles. The summed E-state index contributed by atoms with van der Waals surface area (Å²) in [6, 6.07) is 8.45. The number of carbonyl (C=O) groups is 1. The van der Waals surface area contributed by atoms with Crippen LogP contribution in [-0.4, -0.2) is 74.2 Å². The van der Waals surface area contributed by atoms with Gasteiger partial charge in [-0.1, -0.05) is 0 Å². The average molecular weight is 600 g/mol. The van der Waals surface area contributed by atoms with Crippen LogP contribution in [0.4, 0.5) is 21.6 Å². The summed E-state index contributed by atoms with van der Waals surface area (Å²) >= 11 is 0. The summed E-state index contributed by atoms with van der Waals surface area (Å²) in [4.78, 5) is 32.0. The highest BCUT2D eigenvalue weighted by Gasteiger charge is 2.22. The third-order valence-electron chi connectivity index (χ3n) is 7.45. The third kappa shape index (κ3) is 5.79. The number of methoxy groups -OCH3 is 2. The lowest BCUT2D eigenvalue weighted by Gasteiger charge is -2.17. The van der Waals surface area contributed by atoms with Crippen LogP contribution in [-0.2, 0) is 4.79 Å². The number of fused-ring (bicyclic) bond motifs is 2. The maximum Gasteiger partial charge on any atom is 0.284 e. The molecule has 1 fully saturated rings. The SMILES string of the molecule is COc1cc2ncnc(Nc3cc(C)c(Oc4cc5ncnn5cn4)cc3OC)c2cc1NC(=O)/C(F)=C/C1CCCN1C. The number of hydrogen-bond donors (Lipinski definition) is 2. The topological polar surface area (TPSA) is 141 Å². The molecule has 44 heavy (non-hydrogen) atoms. The fraction of sp³-hybridized carbons (Fsp3) is 0.267. The largest absolute Gasteiger partial charge is 0.494 e. The summed E-state index contributed by atoms with van der Waals surface area (Å²) in [7, 11) is 4.92. The number of nitrogens with zero attached hydrogens (tertiary/aromatic N) is 7. The lowest BCUT2D eigenvalue weighted by Crippen LogP contribution is -2.24. The monoisotopic (exact) mass is 599 g/mol. The average Bonchev–Trinajstić information content (AvgIpc) is 3.66. The number of hydrogen-bond acceptors (Lipinski definition) is 11. The number of ether oxygens (including phenoxy) is 3. The Morgan fingerprint density at radius 3 is 2.59 bits per heavy atom. The highest BCUT2D eigenvalue weighted by atomic mass is 19.1. The summed E-state index contributed by atoms with van der Waals surface area (Å²) in [6.07, 6.45) is 7.48. The first-order chi connectivity index (χ1) is 21.3. The molecule has 13 nitrogen and oxygen atoms in total. The van der Waals surface area contributed by atoms with Crippen LogP contribution in [0.25, 0.3) is 16.6 Å². The number of carbonyl (C=O) groups excluding carboxylic acids is 1. The molecule has 3 aromatic heterocycles. The minimum atomic E-state index is -0.861. The molecule has 1 amide bonds. The van der Waals surface area contributed by atoms with Crippen molar-refractivity contribution >= 4 is 39.6 Å². The third-order valence-corrected chi connectivity index (χ3v) is 7.45. The van der Waals surface area contributed by atoms with Crippen LogP contribution in [0.5, 0.6) is 23.1 Å². The molecule has 0 bridgehead atoms. The van der Waals surface area contributed by atoms with E-state index in [4.69, 9.17) is 14.2 Å². The number of amides is 1. The van der Waals surface area contributed by atoms with Crippen molar-refractivity contribution < 1.29 is 23.4 Å². The van der Waals surface area contributed by atoms with E-state index in [2.05, 4.69) is 35.7 Å². The van der Waals surface area contributed by atoms with Crippen molar-refractivity contribution in [2.24, 2.45) is 0 Å². The number of likely N-dealkylation sites (N-methyl/N-ethyl adjacent to an activating group) is 1. The first-order valence-electron chi connectivity index (χ1n) is 13.8. The Labute approximate surface area is 251 Å². The van der Waals surface area contributed by atoms with E-state index in [0.29, 0.717) is 51.2 Å². The van der Waals surface area contributed by atoms with Gasteiger partial charge < -0.3 is 24.8 Å². The predicted octanol–water partition coefficient (Wildman–Crippen LogP) is 4.82. The first-order valence-corrected chi connectivity index (χ1v) is 13.8. The fourth-order valence-electron chi connectivity index (χ4n) is 5.08. The molecule has 0 saturated carbocycles. The van der Waals surface area contributed by atoms with E-state index >= 15 is 0 Å². The summed E-state index contributed by atoms with van der Waals surface area (Å²) in [5, 5.41) is 10.5. The lowest BCUT2D eigenvalue weighted by molar-refractivity contribution is -0.114. The fourth-order valence-corrected chi connectivity index (χ4v) is 5.08. The number of benzene rings is 2. The van der Waals surface area contributed by atoms with Crippen molar-refractivity contribution in [3.63, 3.8) is 0 Å². The van der Waals surface area contributed by atoms with Crippen LogP contribution in [0.2, 0.25) is 0 Å². The standard InChI is InChI=1S/C30H30FN9O4/c1-17-8-22(26(43-4)12-24(17)44-28-13-27-33-15-36-40(27)16-35-28)37-29-19-10-23(25(42-3)11-21(19)32-14-34-29)38-30(41)20(31)9-18-6-5-7-39(18)2/h8-16,18H,5-7H2,1-4H3,(H,38,41)(H,32,34,37)/b20-9-. The molecule has 1 unspecified atom stereocenters. The van der Waals surface area contributed by atoms with E-state index < -0.39 is 11.7 Å². The number of anilines is 3. The maximum atomic E-state index is 14.9. The molecule has 14 heteroatoms. The molecule has 2 N–H and O–H groups in total. The number of likely N-dealkylation sites (tertiary alicyclic amines) is 1. The van der Waals surface area contributed by atoms with Gasteiger partial charge in [0, 0.05) is 29.6 Å². The van der Waals surface area contributed by atoms with Gasteiger partial charge in [0.15, 0.2) is 11.5 Å². The zero-order chi connectivity index (χ0) is 30.8. The highest BCUT2D eigenvalue weighted by molar-refractivity contribution is 6.05. The van der Waals surface area contributed by atoms with Gasteiger partial charge in [0.25, 0.3) is 5.91 Å². The van der Waals surface area contributed by atoms with Crippen LogP contribution in [0, 0.1) is 6.92 Å². The molecule has 0 spiro atoms. The van der Waals surface area contributed by atoms with E-state index in [-0.39, 0.29) is 11.7 Å². The Bertz CT molecular complexity index is 1890. The quantitative estimate of drug-likeness (QED) is 0.225. The normalized spacial score (nSPS) is 15.5. The van der Waals surface area contributed by atoms with Crippen molar-refractivity contribution in [1.29, 1.82) is 0 Å². The van der Waals surface area contributed by atoms with Gasteiger partial charge in [0.2, 0.25) is 5.88 Å². The molecule has 0 aliphatic carbocycles. The Morgan fingerprint density at radius 2 is 1.82 bits per heavy atom. The van der Waals surface area contributed by atoms with E-state index in [9.17, 15) is 9.18 Å². The molecule has 6 rings (SSSR count). The van der Waals surface area contributed by atoms with E-state index in [1.165, 1.54) is 36.7 Å². The van der Waals surface area contributed by atoms with E-state index in [0.717, 1.165) is 24.9 Å². The first kappa shape index (κ1) is 28.7. The zero-order valence-corrected chi connectivity index (χ0v) is 24.5. The Morgan fingerprint density at radius 1 is 1.00 bits per heavy atom. The maximum absolute atomic E-state index is 14.9. The van der Waals surface area contributed by atoms with E-state index in [1.807, 2.05) is 24.9 Å². The van der Waals surface area contributed by atoms with Crippen molar-refractivity contribution in [1.82, 2.24) is 34.4 Å². The Hall–Kier alpha value is -5.37. The Balaban J connectivity index is 1.28. The van der Waals surface area contributed by atoms with Crippen LogP contribution in [0.1, 0.15) is 18.4 Å². The Kier molecular flexibility index (Phi) is 7.89. The summed E-state index contributed by atoms with van der Waals surface area (Å²) in [6.45, 7) is 2.75. The predicted molar refractivity (Wildman–Crippen MR) is 161 cm³/mol. The van der Waals surface area contributed by atoms with Gasteiger partial charge in [-0.25, -0.2) is 28.8 Å². The van der Waals surface area contributed by atoms with Crippen LogP contribution in [0.15, 0.2) is 61.2 Å². The molecule has 1 atom stereocenters. The summed E-state index contributed by atoms with van der Waals surface area (Å²) in [5.41, 5.74) is 2.82.